The summed E-state index contributed by atoms with van der Waals surface area (Å²) in [6, 6.07) is 14.8. The third kappa shape index (κ3) is 5.61. The number of Topliss-reactive ketones (excluding diaryl/α,β-unsaturated/α-hetero) is 1. The predicted molar refractivity (Wildman–Crippen MR) is 116 cm³/mol. The monoisotopic (exact) mass is 442 g/mol. The average Bonchev–Trinajstić information content (AvgIpc) is 3.31. The molecule has 0 saturated carbocycles. The lowest BCUT2D eigenvalue weighted by molar-refractivity contribution is -0.141. The van der Waals surface area contributed by atoms with Gasteiger partial charge in [-0.15, -0.1) is 0 Å². The van der Waals surface area contributed by atoms with E-state index in [-0.39, 0.29) is 12.4 Å². The Morgan fingerprint density at radius 3 is 2.26 bits per heavy atom. The van der Waals surface area contributed by atoms with Gasteiger partial charge in [0.05, 0.1) is 5.41 Å². The van der Waals surface area contributed by atoms with Gasteiger partial charge in [0.25, 0.3) is 6.23 Å². The first-order valence-electron chi connectivity index (χ1n) is 9.56. The maximum absolute atomic E-state index is 13.3. The third-order valence-corrected chi connectivity index (χ3v) is 4.87. The highest BCUT2D eigenvalue weighted by Crippen LogP contribution is 2.29. The molecule has 1 N–H and O–H groups in total. The fourth-order valence-electron chi connectivity index (χ4n) is 2.79. The van der Waals surface area contributed by atoms with Crippen LogP contribution in [-0.2, 0) is 9.53 Å². The molecule has 0 radical (unpaired) electrons. The molecule has 1 aromatic heterocycles. The summed E-state index contributed by atoms with van der Waals surface area (Å²) in [6.45, 7) is 3.24. The average molecular weight is 443 g/mol. The molecule has 0 spiro atoms. The van der Waals surface area contributed by atoms with E-state index in [2.05, 4.69) is 15.4 Å². The van der Waals surface area contributed by atoms with Crippen molar-refractivity contribution in [2.45, 2.75) is 20.1 Å². The molecule has 3 rings (SSSR count). The van der Waals surface area contributed by atoms with Crippen LogP contribution in [0.1, 0.15) is 20.1 Å². The topological polar surface area (TPSA) is 95.3 Å². The van der Waals surface area contributed by atoms with Gasteiger partial charge in [0, 0.05) is 12.1 Å². The Bertz CT molecular complexity index is 1020. The van der Waals surface area contributed by atoms with E-state index in [0.717, 1.165) is 11.1 Å². The van der Waals surface area contributed by atoms with E-state index in [0.29, 0.717) is 10.8 Å². The van der Waals surface area contributed by atoms with E-state index in [9.17, 15) is 9.59 Å². The Balaban J connectivity index is 1.79. The first-order valence-corrected chi connectivity index (χ1v) is 9.93. The number of hydrogen-bond acceptors (Lipinski definition) is 6. The molecule has 0 fully saturated rings. The van der Waals surface area contributed by atoms with Gasteiger partial charge in [-0.2, -0.15) is 5.10 Å². The summed E-state index contributed by atoms with van der Waals surface area (Å²) in [7, 11) is 1.45. The van der Waals surface area contributed by atoms with Crippen LogP contribution in [0.15, 0.2) is 61.2 Å². The molecule has 31 heavy (non-hydrogen) atoms. The standard InChI is InChI=1S/C22H23ClN4O4/c1-22(2,12-30-21(29)24-3)19(28)20(27-14-25-13-26-27)31-18-10-6-16(7-11-18)15-4-8-17(23)9-5-15/h4-11,13-14,20H,12H2,1-3H3,(H,24,29). The maximum Gasteiger partial charge on any atom is 0.406 e. The largest absolute Gasteiger partial charge is 0.461 e. The summed E-state index contributed by atoms with van der Waals surface area (Å²) in [5.41, 5.74) is 0.964. The van der Waals surface area contributed by atoms with E-state index in [1.165, 1.54) is 24.4 Å². The molecule has 8 nitrogen and oxygen atoms in total. The molecule has 0 saturated heterocycles. The molecule has 162 valence electrons. The predicted octanol–water partition coefficient (Wildman–Crippen LogP) is 4.13. The third-order valence-electron chi connectivity index (χ3n) is 4.62. The lowest BCUT2D eigenvalue weighted by Gasteiger charge is -2.28. The summed E-state index contributed by atoms with van der Waals surface area (Å²) in [5, 5.41) is 7.08. The number of ketones is 1. The molecular formula is C22H23ClN4O4. The van der Waals surface area contributed by atoms with Gasteiger partial charge in [-0.25, -0.2) is 14.5 Å². The number of ether oxygens (including phenoxy) is 2. The number of amides is 1. The molecule has 3 aromatic rings. The lowest BCUT2D eigenvalue weighted by Crippen LogP contribution is -2.40. The van der Waals surface area contributed by atoms with E-state index in [1.807, 2.05) is 36.4 Å². The van der Waals surface area contributed by atoms with Crippen LogP contribution in [0.4, 0.5) is 4.79 Å². The van der Waals surface area contributed by atoms with Crippen LogP contribution < -0.4 is 10.1 Å². The summed E-state index contributed by atoms with van der Waals surface area (Å²) in [4.78, 5) is 28.6. The van der Waals surface area contributed by atoms with Crippen molar-refractivity contribution in [1.82, 2.24) is 20.1 Å². The highest BCUT2D eigenvalue weighted by Gasteiger charge is 2.38. The zero-order valence-corrected chi connectivity index (χ0v) is 18.2. The minimum atomic E-state index is -1.08. The minimum absolute atomic E-state index is 0.116. The van der Waals surface area contributed by atoms with Gasteiger partial charge in [0.2, 0.25) is 5.78 Å². The van der Waals surface area contributed by atoms with Gasteiger partial charge in [-0.3, -0.25) is 4.79 Å². The highest BCUT2D eigenvalue weighted by molar-refractivity contribution is 6.30. The fourth-order valence-corrected chi connectivity index (χ4v) is 2.91. The SMILES string of the molecule is CNC(=O)OCC(C)(C)C(=O)C(Oc1ccc(-c2ccc(Cl)cc2)cc1)n1cncn1. The molecule has 0 bridgehead atoms. The van der Waals surface area contributed by atoms with E-state index in [4.69, 9.17) is 21.1 Å². The molecule has 0 aliphatic heterocycles. The Kier molecular flexibility index (Phi) is 6.91. The summed E-state index contributed by atoms with van der Waals surface area (Å²) in [5.74, 6) is 0.165. The van der Waals surface area contributed by atoms with Crippen LogP contribution in [0, 0.1) is 5.41 Å². The van der Waals surface area contributed by atoms with Crippen LogP contribution >= 0.6 is 11.6 Å². The second kappa shape index (κ2) is 9.61. The lowest BCUT2D eigenvalue weighted by atomic mass is 9.88. The van der Waals surface area contributed by atoms with Crippen molar-refractivity contribution in [1.29, 1.82) is 0 Å². The Morgan fingerprint density at radius 1 is 1.10 bits per heavy atom. The normalized spacial score (nSPS) is 12.1. The molecule has 0 aliphatic rings. The Morgan fingerprint density at radius 2 is 1.71 bits per heavy atom. The Labute approximate surface area is 185 Å². The number of nitrogens with zero attached hydrogens (tertiary/aromatic N) is 3. The van der Waals surface area contributed by atoms with Crippen LogP contribution in [0.5, 0.6) is 5.75 Å². The number of halogens is 1. The van der Waals surface area contributed by atoms with Crippen LogP contribution in [-0.4, -0.2) is 40.3 Å². The molecule has 0 aliphatic carbocycles. The van der Waals surface area contributed by atoms with Gasteiger partial charge in [0.1, 0.15) is 25.0 Å². The minimum Gasteiger partial charge on any atom is -0.461 e. The number of hydrogen-bond donors (Lipinski definition) is 1. The fraction of sp³-hybridized carbons (Fsp3) is 0.273. The summed E-state index contributed by atoms with van der Waals surface area (Å²) in [6.07, 6.45) is 1.03. The molecule has 1 unspecified atom stereocenters. The number of rotatable bonds is 8. The van der Waals surface area contributed by atoms with E-state index < -0.39 is 17.7 Å². The molecule has 1 atom stereocenters. The van der Waals surface area contributed by atoms with Crippen molar-refractivity contribution in [2.75, 3.05) is 13.7 Å². The second-order valence-electron chi connectivity index (χ2n) is 7.45. The van der Waals surface area contributed by atoms with Gasteiger partial charge in [-0.05, 0) is 49.2 Å². The van der Waals surface area contributed by atoms with Crippen molar-refractivity contribution < 1.29 is 19.1 Å². The van der Waals surface area contributed by atoms with Crippen LogP contribution in [0.3, 0.4) is 0 Å². The number of benzene rings is 2. The number of carbonyl (C=O) groups is 2. The van der Waals surface area contributed by atoms with Gasteiger partial charge >= 0.3 is 6.09 Å². The zero-order valence-electron chi connectivity index (χ0n) is 17.4. The van der Waals surface area contributed by atoms with Crippen molar-refractivity contribution in [3.63, 3.8) is 0 Å². The summed E-state index contributed by atoms with van der Waals surface area (Å²) >= 11 is 5.95. The smallest absolute Gasteiger partial charge is 0.406 e. The van der Waals surface area contributed by atoms with Crippen LogP contribution in [0.25, 0.3) is 11.1 Å². The Hall–Kier alpha value is -3.39. The number of carbonyl (C=O) groups excluding carboxylic acids is 2. The van der Waals surface area contributed by atoms with Crippen molar-refractivity contribution in [2.24, 2.45) is 5.41 Å². The second-order valence-corrected chi connectivity index (χ2v) is 7.89. The zero-order chi connectivity index (χ0) is 22.4. The van der Waals surface area contributed by atoms with Crippen molar-refractivity contribution in [3.8, 4) is 16.9 Å². The highest BCUT2D eigenvalue weighted by atomic mass is 35.5. The van der Waals surface area contributed by atoms with Crippen molar-refractivity contribution >= 4 is 23.5 Å². The van der Waals surface area contributed by atoms with Crippen molar-refractivity contribution in [3.05, 3.63) is 66.2 Å². The van der Waals surface area contributed by atoms with Gasteiger partial charge < -0.3 is 14.8 Å². The number of nitrogens with one attached hydrogen (secondary N) is 1. The number of aromatic nitrogens is 3. The van der Waals surface area contributed by atoms with Crippen LogP contribution in [0.2, 0.25) is 5.02 Å². The van der Waals surface area contributed by atoms with E-state index in [1.54, 1.807) is 26.0 Å². The molecule has 9 heteroatoms. The first kappa shape index (κ1) is 22.3. The first-order chi connectivity index (χ1) is 14.8. The van der Waals surface area contributed by atoms with Gasteiger partial charge in [0.15, 0.2) is 0 Å². The molecule has 2 aromatic carbocycles. The van der Waals surface area contributed by atoms with E-state index >= 15 is 0 Å². The molecular weight excluding hydrogens is 420 g/mol. The van der Waals surface area contributed by atoms with Gasteiger partial charge in [-0.1, -0.05) is 35.9 Å². The molecule has 1 heterocycles. The number of alkyl carbamates (subject to hydrolysis) is 1. The maximum atomic E-state index is 13.3. The quantitative estimate of drug-likeness (QED) is 0.563. The summed E-state index contributed by atoms with van der Waals surface area (Å²) < 4.78 is 12.4. The molecule has 1 amide bonds.